The van der Waals surface area contributed by atoms with Gasteiger partial charge in [-0.1, -0.05) is 123 Å². The maximum absolute atomic E-state index is 12.5. The maximum Gasteiger partial charge on any atom is 0.166 e. The molecular formula is C30H30Br2O5. The number of rotatable bonds is 8. The highest BCUT2D eigenvalue weighted by Gasteiger charge is 2.61. The number of carbonyl (C=O) groups excluding carboxylic acids is 1. The molecule has 0 radical (unpaired) electrons. The second-order valence-electron chi connectivity index (χ2n) is 9.93. The predicted octanol–water partition coefficient (Wildman–Crippen LogP) is 6.36. The molecule has 2 saturated heterocycles. The minimum Gasteiger partial charge on any atom is -0.364 e. The molecule has 4 atom stereocenters. The summed E-state index contributed by atoms with van der Waals surface area (Å²) in [6.07, 6.45) is -1.94. The number of halogens is 2. The van der Waals surface area contributed by atoms with Gasteiger partial charge in [-0.05, 0) is 37.5 Å². The highest BCUT2D eigenvalue weighted by atomic mass is 79.9. The molecule has 5 rings (SSSR count). The number of ketones is 1. The van der Waals surface area contributed by atoms with Crippen molar-refractivity contribution >= 4 is 37.6 Å². The molecule has 37 heavy (non-hydrogen) atoms. The van der Waals surface area contributed by atoms with Crippen LogP contribution in [0.1, 0.15) is 37.5 Å². The van der Waals surface area contributed by atoms with E-state index in [1.54, 1.807) is 0 Å². The first kappa shape index (κ1) is 26.7. The summed E-state index contributed by atoms with van der Waals surface area (Å²) in [5.41, 5.74) is 2.11. The van der Waals surface area contributed by atoms with Crippen molar-refractivity contribution in [3.63, 3.8) is 0 Å². The molecule has 194 valence electrons. The largest absolute Gasteiger partial charge is 0.364 e. The van der Waals surface area contributed by atoms with Crippen molar-refractivity contribution in [1.82, 2.24) is 0 Å². The van der Waals surface area contributed by atoms with E-state index in [2.05, 4.69) is 68.3 Å². The molecule has 2 aliphatic rings. The van der Waals surface area contributed by atoms with Crippen molar-refractivity contribution < 1.29 is 23.7 Å². The van der Waals surface area contributed by atoms with Gasteiger partial charge < -0.3 is 18.9 Å². The third-order valence-electron chi connectivity index (χ3n) is 6.98. The molecule has 0 bridgehead atoms. The van der Waals surface area contributed by atoms with Crippen LogP contribution in [0.15, 0.2) is 91.0 Å². The van der Waals surface area contributed by atoms with Crippen molar-refractivity contribution in [2.75, 3.05) is 6.61 Å². The van der Waals surface area contributed by atoms with Crippen LogP contribution in [0, 0.1) is 0 Å². The van der Waals surface area contributed by atoms with E-state index < -0.39 is 39.0 Å². The Morgan fingerprint density at radius 3 is 1.68 bits per heavy atom. The smallest absolute Gasteiger partial charge is 0.166 e. The van der Waals surface area contributed by atoms with E-state index in [-0.39, 0.29) is 12.4 Å². The number of fused-ring (bicyclic) bond motifs is 1. The molecule has 2 heterocycles. The minimum absolute atomic E-state index is 0.113. The van der Waals surface area contributed by atoms with Crippen molar-refractivity contribution in [3.8, 4) is 0 Å². The normalized spacial score (nSPS) is 25.1. The molecule has 0 saturated carbocycles. The standard InChI is InChI=1S/C30H30Br2O5/c1-20(33)30(31,32)27-26-25(36-28(2,3)37-26)24(35-27)19-34-29(21-13-7-4-8-14-21,22-15-9-5-10-16-22)23-17-11-6-12-18-23/h4-18,24-27H,19H2,1-3H3/t24-,25-,26-,27-/m1/s1. The van der Waals surface area contributed by atoms with Crippen molar-refractivity contribution in [3.05, 3.63) is 108 Å². The van der Waals surface area contributed by atoms with Gasteiger partial charge in [0.1, 0.15) is 30.0 Å². The number of Topliss-reactive ketones (excluding diaryl/α,β-unsaturated/α-hetero) is 1. The van der Waals surface area contributed by atoms with Crippen LogP contribution >= 0.6 is 31.9 Å². The maximum atomic E-state index is 12.5. The first-order chi connectivity index (χ1) is 17.6. The zero-order chi connectivity index (χ0) is 26.3. The number of hydrogen-bond donors (Lipinski definition) is 0. The van der Waals surface area contributed by atoms with Crippen LogP contribution in [0.2, 0.25) is 0 Å². The predicted molar refractivity (Wildman–Crippen MR) is 149 cm³/mol. The Balaban J connectivity index is 1.55. The molecule has 0 aliphatic carbocycles. The van der Waals surface area contributed by atoms with Crippen molar-refractivity contribution in [2.24, 2.45) is 0 Å². The Morgan fingerprint density at radius 1 is 0.811 bits per heavy atom. The zero-order valence-corrected chi connectivity index (χ0v) is 24.1. The third-order valence-corrected chi connectivity index (χ3v) is 9.00. The van der Waals surface area contributed by atoms with Crippen LogP contribution in [0.25, 0.3) is 0 Å². The fourth-order valence-electron chi connectivity index (χ4n) is 5.28. The molecule has 2 fully saturated rings. The minimum atomic E-state index is -1.10. The molecule has 0 unspecified atom stereocenters. The van der Waals surface area contributed by atoms with Gasteiger partial charge in [0.15, 0.2) is 14.8 Å². The Bertz CT molecular complexity index is 1120. The van der Waals surface area contributed by atoms with E-state index in [0.29, 0.717) is 0 Å². The Hall–Kier alpha value is -1.87. The van der Waals surface area contributed by atoms with Gasteiger partial charge in [0.25, 0.3) is 0 Å². The highest BCUT2D eigenvalue weighted by Crippen LogP contribution is 2.48. The number of hydrogen-bond acceptors (Lipinski definition) is 5. The number of alkyl halides is 2. The van der Waals surface area contributed by atoms with E-state index in [9.17, 15) is 4.79 Å². The number of carbonyl (C=O) groups is 1. The summed E-state index contributed by atoms with van der Waals surface area (Å²) >= 11 is 7.08. The second kappa shape index (κ2) is 10.4. The lowest BCUT2D eigenvalue weighted by Crippen LogP contribution is -2.45. The number of ether oxygens (including phenoxy) is 4. The summed E-state index contributed by atoms with van der Waals surface area (Å²) in [6.45, 7) is 5.47. The van der Waals surface area contributed by atoms with Crippen LogP contribution in [-0.4, -0.2) is 45.8 Å². The van der Waals surface area contributed by atoms with E-state index >= 15 is 0 Å². The van der Waals surface area contributed by atoms with E-state index in [4.69, 9.17) is 18.9 Å². The van der Waals surface area contributed by atoms with Gasteiger partial charge >= 0.3 is 0 Å². The molecule has 0 spiro atoms. The van der Waals surface area contributed by atoms with Gasteiger partial charge in [-0.25, -0.2) is 0 Å². The first-order valence-electron chi connectivity index (χ1n) is 12.4. The Labute approximate surface area is 234 Å². The molecule has 7 heteroatoms. The Morgan fingerprint density at radius 2 is 1.24 bits per heavy atom. The lowest BCUT2D eigenvalue weighted by molar-refractivity contribution is -0.196. The molecule has 2 aliphatic heterocycles. The van der Waals surface area contributed by atoms with Crippen LogP contribution in [0.4, 0.5) is 0 Å². The molecule has 0 N–H and O–H groups in total. The van der Waals surface area contributed by atoms with Crippen molar-refractivity contribution in [2.45, 2.75) is 59.8 Å². The fraction of sp³-hybridized carbons (Fsp3) is 0.367. The molecule has 0 aromatic heterocycles. The van der Waals surface area contributed by atoms with Crippen LogP contribution < -0.4 is 0 Å². The van der Waals surface area contributed by atoms with E-state index in [1.807, 2.05) is 68.4 Å². The monoisotopic (exact) mass is 628 g/mol. The lowest BCUT2D eigenvalue weighted by Gasteiger charge is -2.37. The van der Waals surface area contributed by atoms with Gasteiger partial charge in [-0.3, -0.25) is 4.79 Å². The summed E-state index contributed by atoms with van der Waals surface area (Å²) in [6, 6.07) is 30.6. The van der Waals surface area contributed by atoms with Gasteiger partial charge in [0.05, 0.1) is 6.61 Å². The van der Waals surface area contributed by atoms with E-state index in [0.717, 1.165) is 16.7 Å². The summed E-state index contributed by atoms with van der Waals surface area (Å²) in [4.78, 5) is 12.5. The molecule has 0 amide bonds. The molecule has 3 aromatic rings. The van der Waals surface area contributed by atoms with Crippen LogP contribution in [0.5, 0.6) is 0 Å². The van der Waals surface area contributed by atoms with Crippen LogP contribution in [-0.2, 0) is 29.3 Å². The molecule has 3 aromatic carbocycles. The molecule has 5 nitrogen and oxygen atoms in total. The van der Waals surface area contributed by atoms with Gasteiger partial charge in [0.2, 0.25) is 0 Å². The van der Waals surface area contributed by atoms with Gasteiger partial charge in [0, 0.05) is 0 Å². The number of benzene rings is 3. The van der Waals surface area contributed by atoms with Crippen LogP contribution in [0.3, 0.4) is 0 Å². The first-order valence-corrected chi connectivity index (χ1v) is 13.9. The average molecular weight is 630 g/mol. The Kier molecular flexibility index (Phi) is 7.48. The average Bonchev–Trinajstić information content (AvgIpc) is 3.39. The quantitative estimate of drug-likeness (QED) is 0.214. The van der Waals surface area contributed by atoms with Crippen molar-refractivity contribution in [1.29, 1.82) is 0 Å². The topological polar surface area (TPSA) is 54.0 Å². The summed E-state index contributed by atoms with van der Waals surface area (Å²) in [5, 5.41) is 0. The summed E-state index contributed by atoms with van der Waals surface area (Å²) < 4.78 is 24.9. The second-order valence-corrected chi connectivity index (χ2v) is 13.5. The van der Waals surface area contributed by atoms with E-state index in [1.165, 1.54) is 6.92 Å². The van der Waals surface area contributed by atoms with Gasteiger partial charge in [-0.15, -0.1) is 0 Å². The SMILES string of the molecule is CC(=O)C(Br)(Br)[C@@H]1O[C@H](COC(c2ccccc2)(c2ccccc2)c2ccccc2)[C@H]2OC(C)(C)O[C@H]21. The summed E-state index contributed by atoms with van der Waals surface area (Å²) in [5.74, 6) is -0.920. The fourth-order valence-corrected chi connectivity index (χ4v) is 6.02. The summed E-state index contributed by atoms with van der Waals surface area (Å²) in [7, 11) is 0. The lowest BCUT2D eigenvalue weighted by atomic mass is 9.80. The van der Waals surface area contributed by atoms with Gasteiger partial charge in [-0.2, -0.15) is 0 Å². The molecular weight excluding hydrogens is 600 g/mol. The third kappa shape index (κ3) is 4.98. The zero-order valence-electron chi connectivity index (χ0n) is 21.0. The highest BCUT2D eigenvalue weighted by molar-refractivity contribution is 9.26.